The highest BCUT2D eigenvalue weighted by atomic mass is 79.9. The molecule has 316 valence electrons. The summed E-state index contributed by atoms with van der Waals surface area (Å²) in [6.45, 7) is 4.13. The van der Waals surface area contributed by atoms with Gasteiger partial charge in [0.2, 0.25) is 0 Å². The molecule has 0 saturated carbocycles. The van der Waals surface area contributed by atoms with Crippen LogP contribution < -0.4 is 5.46 Å². The highest BCUT2D eigenvalue weighted by Crippen LogP contribution is 2.27. The van der Waals surface area contributed by atoms with E-state index < -0.39 is 7.12 Å². The third-order valence-electron chi connectivity index (χ3n) is 9.68. The minimum Gasteiger partial charge on any atom is -0.423 e. The zero-order valence-electron chi connectivity index (χ0n) is 34.6. The normalized spacial score (nSPS) is 10.3. The van der Waals surface area contributed by atoms with Gasteiger partial charge in [-0.05, 0) is 145 Å². The average molecular weight is 974 g/mol. The number of hydrogen-bond donors (Lipinski definition) is 4. The summed E-state index contributed by atoms with van der Waals surface area (Å²) >= 11 is 6.52. The third-order valence-corrected chi connectivity index (χ3v) is 10.9. The van der Waals surface area contributed by atoms with E-state index in [0.29, 0.717) is 5.46 Å². The number of aromatic amines is 2. The van der Waals surface area contributed by atoms with Gasteiger partial charge in [0.15, 0.2) is 0 Å². The van der Waals surface area contributed by atoms with E-state index in [0.717, 1.165) is 58.8 Å². The van der Waals surface area contributed by atoms with Gasteiger partial charge in [0, 0.05) is 106 Å². The maximum absolute atomic E-state index is 8.87. The first kappa shape index (κ1) is 44.8. The second-order valence-corrected chi connectivity index (χ2v) is 15.8. The molecule has 0 aliphatic carbocycles. The van der Waals surface area contributed by atoms with E-state index in [1.807, 2.05) is 80.8 Å². The summed E-state index contributed by atoms with van der Waals surface area (Å²) < 4.78 is 4.15. The molecule has 11 aromatic rings. The molecule has 0 aliphatic rings. The van der Waals surface area contributed by atoms with Gasteiger partial charge in [-0.15, -0.1) is 0 Å². The molecular weight excluding hydrogens is 933 g/mol. The number of nitrogens with zero attached hydrogens (tertiary/aromatic N) is 9. The molecule has 0 bridgehead atoms. The molecule has 8 aromatic heterocycles. The van der Waals surface area contributed by atoms with Crippen LogP contribution in [-0.4, -0.2) is 71.6 Å². The van der Waals surface area contributed by atoms with Crippen LogP contribution in [-0.2, 0) is 0 Å². The quantitative estimate of drug-likeness (QED) is 0.124. The number of nitrogens with one attached hydrogen (secondary N) is 2. The zero-order valence-corrected chi connectivity index (χ0v) is 37.7. The fraction of sp³-hybridized carbons (Fsp3) is 0.0417. The monoisotopic (exact) mass is 971 g/mol. The zero-order chi connectivity index (χ0) is 44.7. The smallest absolute Gasteiger partial charge is 0.423 e. The molecule has 0 unspecified atom stereocenters. The molecule has 0 fully saturated rings. The lowest BCUT2D eigenvalue weighted by molar-refractivity contribution is 0.426. The number of halogens is 2. The van der Waals surface area contributed by atoms with Crippen molar-refractivity contribution in [3.63, 3.8) is 0 Å². The van der Waals surface area contributed by atoms with Gasteiger partial charge in [0.05, 0.1) is 21.9 Å². The fourth-order valence-electron chi connectivity index (χ4n) is 6.33. The van der Waals surface area contributed by atoms with Gasteiger partial charge in [0.25, 0.3) is 0 Å². The summed E-state index contributed by atoms with van der Waals surface area (Å²) in [7, 11) is -1.38. The highest BCUT2D eigenvalue weighted by molar-refractivity contribution is 9.10. The largest absolute Gasteiger partial charge is 0.488 e. The molecule has 4 N–H and O–H groups in total. The predicted octanol–water partition coefficient (Wildman–Crippen LogP) is 9.66. The summed E-state index contributed by atoms with van der Waals surface area (Å²) in [5.41, 5.74) is 11.7. The Morgan fingerprint density at radius 2 is 1.03 bits per heavy atom. The fourth-order valence-corrected chi connectivity index (χ4v) is 6.81. The number of benzene rings is 3. The van der Waals surface area contributed by atoms with Crippen LogP contribution >= 0.6 is 31.9 Å². The Balaban J connectivity index is 0.000000128. The third kappa shape index (κ3) is 12.0. The highest BCUT2D eigenvalue weighted by Gasteiger charge is 2.11. The van der Waals surface area contributed by atoms with Crippen molar-refractivity contribution in [2.45, 2.75) is 13.8 Å². The Hall–Kier alpha value is -7.24. The molecule has 3 aromatic carbocycles. The van der Waals surface area contributed by atoms with Gasteiger partial charge in [-0.2, -0.15) is 0 Å². The van der Waals surface area contributed by atoms with Crippen molar-refractivity contribution in [2.24, 2.45) is 0 Å². The summed E-state index contributed by atoms with van der Waals surface area (Å²) in [6.07, 6.45) is 28.4. The van der Waals surface area contributed by atoms with Crippen molar-refractivity contribution in [1.29, 1.82) is 0 Å². The van der Waals surface area contributed by atoms with E-state index in [9.17, 15) is 0 Å². The van der Waals surface area contributed by atoms with Crippen LogP contribution in [0.25, 0.3) is 60.6 Å². The number of hydrogen-bond acceptors (Lipinski definition) is 10. The lowest BCUT2D eigenvalue weighted by atomic mass is 9.80. The van der Waals surface area contributed by atoms with Gasteiger partial charge in [-0.1, -0.05) is 24.3 Å². The average Bonchev–Trinajstić information content (AvgIpc) is 4.12. The molecule has 8 heterocycles. The van der Waals surface area contributed by atoms with E-state index in [1.165, 1.54) is 28.2 Å². The van der Waals surface area contributed by atoms with Crippen molar-refractivity contribution < 1.29 is 10.0 Å². The maximum atomic E-state index is 8.87. The van der Waals surface area contributed by atoms with Gasteiger partial charge < -0.3 is 24.6 Å². The van der Waals surface area contributed by atoms with Crippen LogP contribution in [0.3, 0.4) is 0 Å². The second kappa shape index (κ2) is 22.2. The number of pyridine rings is 2. The molecule has 0 atom stereocenters. The lowest BCUT2D eigenvalue weighted by Gasteiger charge is -2.08. The van der Waals surface area contributed by atoms with Crippen LogP contribution in [0.2, 0.25) is 0 Å². The second-order valence-electron chi connectivity index (χ2n) is 14.0. The molecule has 64 heavy (non-hydrogen) atoms. The molecule has 0 amide bonds. The van der Waals surface area contributed by atoms with Gasteiger partial charge in [0.1, 0.15) is 19.0 Å². The van der Waals surface area contributed by atoms with Crippen LogP contribution in [0.5, 0.6) is 0 Å². The van der Waals surface area contributed by atoms with Crippen LogP contribution in [0.15, 0.2) is 193 Å². The molecule has 16 heteroatoms. The first-order valence-corrected chi connectivity index (χ1v) is 21.3. The summed E-state index contributed by atoms with van der Waals surface area (Å²) in [4.78, 5) is 38.0. The topological polar surface area (TPSA) is 180 Å². The Kier molecular flexibility index (Phi) is 15.6. The van der Waals surface area contributed by atoms with E-state index in [-0.39, 0.29) is 0 Å². The van der Waals surface area contributed by atoms with Crippen molar-refractivity contribution in [1.82, 2.24) is 54.4 Å². The number of aromatic nitrogens is 11. The van der Waals surface area contributed by atoms with Crippen molar-refractivity contribution in [3.8, 4) is 27.9 Å². The Bertz CT molecular complexity index is 3150. The lowest BCUT2D eigenvalue weighted by Crippen LogP contribution is -2.29. The summed E-state index contributed by atoms with van der Waals surface area (Å²) in [5, 5.41) is 21.1. The van der Waals surface area contributed by atoms with E-state index >= 15 is 0 Å². The Morgan fingerprint density at radius 3 is 1.56 bits per heavy atom. The van der Waals surface area contributed by atoms with Gasteiger partial charge in [-0.3, -0.25) is 9.97 Å². The number of rotatable bonds is 4. The molecule has 0 radical (unpaired) electrons. The molecule has 0 saturated heterocycles. The Labute approximate surface area is 385 Å². The predicted molar refractivity (Wildman–Crippen MR) is 261 cm³/mol. The molecular formula is C48H40BBr2N11O2. The van der Waals surface area contributed by atoms with Crippen molar-refractivity contribution in [3.05, 3.63) is 205 Å². The van der Waals surface area contributed by atoms with E-state index in [1.54, 1.807) is 49.6 Å². The number of fused-ring (bicyclic) bond motifs is 3. The van der Waals surface area contributed by atoms with E-state index in [4.69, 9.17) is 10.0 Å². The van der Waals surface area contributed by atoms with Gasteiger partial charge in [-0.25, -0.2) is 29.9 Å². The van der Waals surface area contributed by atoms with Gasteiger partial charge >= 0.3 is 7.12 Å². The standard InChI is InChI=1S/C18H14N4.C12H9N3.C8H8BNO2.C6H6BrN.C4H3BrN2/c1-13-4-6-19-11-18(13)22-7-5-15-8-14(2-3-17(15)22)16-9-20-12-21-10-16;1-2-12-10(3-4-15-12)5-9(1)11-6-13-8-14-7-11;11-9(12)7-1-2-8-6(5-7)3-4-10-8;1-5-2-3-8-4-6(5)7;5-4-1-6-3-7-2-4/h2-12H,1H3;1-8,15H;1-5,10-12H;2-4H,1H3;1-3H. The number of aryl methyl sites for hydroxylation is 2. The van der Waals surface area contributed by atoms with Crippen molar-refractivity contribution in [2.75, 3.05) is 0 Å². The Morgan fingerprint density at radius 1 is 0.500 bits per heavy atom. The SMILES string of the molecule is Brc1cncnc1.Cc1ccncc1-n1ccc2cc(-c3cncnc3)ccc21.Cc1ccncc1Br.OB(O)c1ccc2[nH]ccc2c1.c1ncc(-c2ccc3[nH]ccc3c2)cn1. The summed E-state index contributed by atoms with van der Waals surface area (Å²) in [5.74, 6) is 0. The molecule has 11 rings (SSSR count). The van der Waals surface area contributed by atoms with Crippen molar-refractivity contribution >= 4 is 77.1 Å². The molecule has 13 nitrogen and oxygen atoms in total. The van der Waals surface area contributed by atoms with Crippen LogP contribution in [0.4, 0.5) is 0 Å². The first-order valence-electron chi connectivity index (χ1n) is 19.7. The minimum atomic E-state index is -1.38. The summed E-state index contributed by atoms with van der Waals surface area (Å²) in [6, 6.07) is 28.0. The van der Waals surface area contributed by atoms with Crippen LogP contribution in [0, 0.1) is 13.8 Å². The van der Waals surface area contributed by atoms with E-state index in [2.05, 4.69) is 148 Å². The number of H-pyrrole nitrogens is 2. The maximum Gasteiger partial charge on any atom is 0.488 e. The molecule has 0 aliphatic heterocycles. The van der Waals surface area contributed by atoms with Crippen LogP contribution in [0.1, 0.15) is 11.1 Å². The first-order chi connectivity index (χ1) is 31.2. The molecule has 0 spiro atoms. The minimum absolute atomic E-state index is 0.516.